The lowest BCUT2D eigenvalue weighted by atomic mass is 10.1. The largest absolute Gasteiger partial charge is 0.474 e. The van der Waals surface area contributed by atoms with Gasteiger partial charge in [0.2, 0.25) is 5.88 Å². The second-order valence-corrected chi connectivity index (χ2v) is 8.50. The van der Waals surface area contributed by atoms with Gasteiger partial charge in [0, 0.05) is 12.8 Å². The number of rotatable bonds is 4. The van der Waals surface area contributed by atoms with Gasteiger partial charge in [-0.2, -0.15) is 0 Å². The van der Waals surface area contributed by atoms with Crippen LogP contribution in [0.15, 0.2) is 35.5 Å². The summed E-state index contributed by atoms with van der Waals surface area (Å²) >= 11 is 0. The van der Waals surface area contributed by atoms with E-state index in [1.165, 1.54) is 12.6 Å². The highest BCUT2D eigenvalue weighted by atomic mass is 32.2. The monoisotopic (exact) mass is 375 g/mol. The summed E-state index contributed by atoms with van der Waals surface area (Å²) in [6.07, 6.45) is 4.79. The molecule has 1 fully saturated rings. The quantitative estimate of drug-likeness (QED) is 0.822. The van der Waals surface area contributed by atoms with Crippen LogP contribution in [0.1, 0.15) is 18.4 Å². The number of benzene rings is 1. The van der Waals surface area contributed by atoms with Gasteiger partial charge in [-0.25, -0.2) is 23.8 Å². The van der Waals surface area contributed by atoms with Gasteiger partial charge in [0.25, 0.3) is 0 Å². The fraction of sp³-hybridized carbons (Fsp3) is 0.412. The van der Waals surface area contributed by atoms with E-state index in [4.69, 9.17) is 4.74 Å². The summed E-state index contributed by atoms with van der Waals surface area (Å²) in [5.74, 6) is 1.35. The number of nitrogens with zero attached hydrogens (tertiary/aromatic N) is 3. The molecule has 26 heavy (non-hydrogen) atoms. The highest BCUT2D eigenvalue weighted by Gasteiger charge is 2.27. The molecular weight excluding hydrogens is 354 g/mol. The first kappa shape index (κ1) is 17.2. The minimum absolute atomic E-state index is 0.165. The Kier molecular flexibility index (Phi) is 4.51. The van der Waals surface area contributed by atoms with Crippen molar-refractivity contribution in [2.45, 2.75) is 30.4 Å². The number of ether oxygens (including phenoxy) is 1. The molecule has 8 nitrogen and oxygen atoms in total. The van der Waals surface area contributed by atoms with Gasteiger partial charge in [-0.3, -0.25) is 5.01 Å². The van der Waals surface area contributed by atoms with Crippen LogP contribution in [0.2, 0.25) is 0 Å². The van der Waals surface area contributed by atoms with Crippen LogP contribution in [-0.2, 0) is 16.4 Å². The minimum atomic E-state index is -3.22. The van der Waals surface area contributed by atoms with E-state index < -0.39 is 9.84 Å². The van der Waals surface area contributed by atoms with Gasteiger partial charge in [0.05, 0.1) is 16.1 Å². The number of piperidine rings is 1. The molecule has 3 heterocycles. The maximum absolute atomic E-state index is 11.6. The molecule has 2 aromatic rings. The Morgan fingerprint density at radius 3 is 2.58 bits per heavy atom. The Morgan fingerprint density at radius 1 is 1.15 bits per heavy atom. The van der Waals surface area contributed by atoms with Crippen molar-refractivity contribution in [3.05, 3.63) is 36.2 Å². The number of nitrogens with one attached hydrogen (secondary N) is 2. The van der Waals surface area contributed by atoms with E-state index in [1.807, 2.05) is 5.01 Å². The summed E-state index contributed by atoms with van der Waals surface area (Å²) < 4.78 is 29.4. The Balaban J connectivity index is 1.59. The van der Waals surface area contributed by atoms with E-state index in [-0.39, 0.29) is 6.10 Å². The molecule has 2 aliphatic heterocycles. The molecule has 0 saturated carbocycles. The van der Waals surface area contributed by atoms with Gasteiger partial charge in [-0.1, -0.05) is 0 Å². The number of hydrazine groups is 1. The third-order valence-corrected chi connectivity index (χ3v) is 5.72. The maximum atomic E-state index is 11.6. The number of fused-ring (bicyclic) bond motifs is 1. The number of hydrogen-bond donors (Lipinski definition) is 2. The topological polar surface area (TPSA) is 96.5 Å². The molecule has 1 saturated heterocycles. The molecule has 4 rings (SSSR count). The number of hydrogen-bond acceptors (Lipinski definition) is 8. The van der Waals surface area contributed by atoms with Crippen molar-refractivity contribution in [1.29, 1.82) is 0 Å². The van der Waals surface area contributed by atoms with Crippen LogP contribution in [0.3, 0.4) is 0 Å². The maximum Gasteiger partial charge on any atom is 0.223 e. The van der Waals surface area contributed by atoms with Crippen LogP contribution in [0.25, 0.3) is 0 Å². The van der Waals surface area contributed by atoms with Crippen LogP contribution >= 0.6 is 0 Å². The van der Waals surface area contributed by atoms with E-state index in [9.17, 15) is 8.42 Å². The van der Waals surface area contributed by atoms with Gasteiger partial charge in [-0.15, -0.1) is 0 Å². The third-order valence-electron chi connectivity index (χ3n) is 4.60. The van der Waals surface area contributed by atoms with E-state index >= 15 is 0 Å². The van der Waals surface area contributed by atoms with Crippen molar-refractivity contribution >= 4 is 21.3 Å². The molecule has 138 valence electrons. The lowest BCUT2D eigenvalue weighted by Crippen LogP contribution is -2.34. The van der Waals surface area contributed by atoms with Gasteiger partial charge >= 0.3 is 0 Å². The molecule has 0 bridgehead atoms. The highest BCUT2D eigenvalue weighted by molar-refractivity contribution is 7.90. The average molecular weight is 375 g/mol. The molecule has 2 N–H and O–H groups in total. The third kappa shape index (κ3) is 3.37. The fourth-order valence-corrected chi connectivity index (χ4v) is 3.83. The van der Waals surface area contributed by atoms with Gasteiger partial charge < -0.3 is 10.1 Å². The van der Waals surface area contributed by atoms with Crippen molar-refractivity contribution < 1.29 is 13.2 Å². The van der Waals surface area contributed by atoms with Crippen molar-refractivity contribution in [3.63, 3.8) is 0 Å². The van der Waals surface area contributed by atoms with Crippen molar-refractivity contribution in [2.75, 3.05) is 24.4 Å². The Labute approximate surface area is 152 Å². The fourth-order valence-electron chi connectivity index (χ4n) is 3.20. The Morgan fingerprint density at radius 2 is 1.88 bits per heavy atom. The molecule has 0 aliphatic carbocycles. The highest BCUT2D eigenvalue weighted by Crippen LogP contribution is 2.35. The average Bonchev–Trinajstić information content (AvgIpc) is 3.07. The van der Waals surface area contributed by atoms with E-state index in [1.54, 1.807) is 24.3 Å². The van der Waals surface area contributed by atoms with Crippen LogP contribution in [-0.4, -0.2) is 43.8 Å². The summed E-state index contributed by atoms with van der Waals surface area (Å²) in [5, 5.41) is 5.15. The number of anilines is 2. The van der Waals surface area contributed by atoms with E-state index in [0.717, 1.165) is 43.0 Å². The Hall–Kier alpha value is -2.23. The SMILES string of the molecule is CS(=O)(=O)c1ccc(N2NCc3c(OC4CCNCC4)ncnc32)cc1. The van der Waals surface area contributed by atoms with Crippen molar-refractivity contribution in [1.82, 2.24) is 20.7 Å². The standard InChI is InChI=1S/C17H21N5O3S/c1-26(23,24)14-4-2-12(3-5-14)22-16-15(10-21-22)17(20-11-19-16)25-13-6-8-18-9-7-13/h2-5,11,13,18,21H,6-10H2,1H3. The van der Waals surface area contributed by atoms with Gasteiger partial charge in [-0.05, 0) is 50.2 Å². The molecule has 9 heteroatoms. The predicted octanol–water partition coefficient (Wildman–Crippen LogP) is 1.17. The van der Waals surface area contributed by atoms with Crippen LogP contribution < -0.4 is 20.5 Å². The molecule has 0 radical (unpaired) electrons. The first-order valence-electron chi connectivity index (χ1n) is 8.57. The molecule has 1 aromatic heterocycles. The first-order chi connectivity index (χ1) is 12.5. The molecule has 2 aliphatic rings. The molecule has 0 amide bonds. The lowest BCUT2D eigenvalue weighted by molar-refractivity contribution is 0.154. The second kappa shape index (κ2) is 6.82. The van der Waals surface area contributed by atoms with Crippen molar-refractivity contribution in [2.24, 2.45) is 0 Å². The molecule has 1 aromatic carbocycles. The molecular formula is C17H21N5O3S. The predicted molar refractivity (Wildman–Crippen MR) is 97.1 cm³/mol. The van der Waals surface area contributed by atoms with Crippen LogP contribution in [0.5, 0.6) is 5.88 Å². The zero-order valence-electron chi connectivity index (χ0n) is 14.5. The Bertz CT molecular complexity index is 895. The van der Waals surface area contributed by atoms with Crippen LogP contribution in [0.4, 0.5) is 11.5 Å². The lowest BCUT2D eigenvalue weighted by Gasteiger charge is -2.24. The number of sulfone groups is 1. The first-order valence-corrected chi connectivity index (χ1v) is 10.5. The zero-order valence-corrected chi connectivity index (χ0v) is 15.3. The molecule has 0 atom stereocenters. The minimum Gasteiger partial charge on any atom is -0.474 e. The number of aromatic nitrogens is 2. The van der Waals surface area contributed by atoms with Gasteiger partial charge in [0.15, 0.2) is 15.7 Å². The smallest absolute Gasteiger partial charge is 0.223 e. The normalized spacial score (nSPS) is 18.0. The summed E-state index contributed by atoms with van der Waals surface area (Å²) in [4.78, 5) is 8.99. The zero-order chi connectivity index (χ0) is 18.1. The summed E-state index contributed by atoms with van der Waals surface area (Å²) in [7, 11) is -3.22. The van der Waals surface area contributed by atoms with Crippen molar-refractivity contribution in [3.8, 4) is 5.88 Å². The van der Waals surface area contributed by atoms with Crippen LogP contribution in [0, 0.1) is 0 Å². The molecule has 0 unspecified atom stereocenters. The van der Waals surface area contributed by atoms with Gasteiger partial charge in [0.1, 0.15) is 12.4 Å². The second-order valence-electron chi connectivity index (χ2n) is 6.48. The summed E-state index contributed by atoms with van der Waals surface area (Å²) in [6, 6.07) is 6.71. The van der Waals surface area contributed by atoms with E-state index in [0.29, 0.717) is 17.3 Å². The summed E-state index contributed by atoms with van der Waals surface area (Å²) in [6.45, 7) is 2.47. The summed E-state index contributed by atoms with van der Waals surface area (Å²) in [5.41, 5.74) is 4.99. The molecule has 0 spiro atoms. The van der Waals surface area contributed by atoms with E-state index in [2.05, 4.69) is 20.7 Å².